The van der Waals surface area contributed by atoms with Crippen molar-refractivity contribution in [1.29, 1.82) is 0 Å². The third kappa shape index (κ3) is 4.61. The lowest BCUT2D eigenvalue weighted by atomic mass is 10.0. The van der Waals surface area contributed by atoms with Gasteiger partial charge in [0.05, 0.1) is 33.1 Å². The maximum absolute atomic E-state index is 11.4. The molecule has 0 spiro atoms. The molecule has 0 aromatic heterocycles. The summed E-state index contributed by atoms with van der Waals surface area (Å²) in [7, 11) is 2.80. The minimum absolute atomic E-state index is 0.261. The topological polar surface area (TPSA) is 68.3 Å². The van der Waals surface area contributed by atoms with E-state index in [2.05, 4.69) is 10.8 Å². The van der Waals surface area contributed by atoms with Gasteiger partial charge in [-0.1, -0.05) is 18.2 Å². The number of carbonyl (C=O) groups is 2. The number of anilines is 1. The summed E-state index contributed by atoms with van der Waals surface area (Å²) in [6, 6.07) is 7.97. The molecule has 0 aliphatic carbocycles. The van der Waals surface area contributed by atoms with Gasteiger partial charge in [0.25, 0.3) is 0 Å². The number of benzene rings is 1. The second kappa shape index (κ2) is 9.12. The van der Waals surface area contributed by atoms with E-state index in [1.165, 1.54) is 19.8 Å². The van der Waals surface area contributed by atoms with E-state index < -0.39 is 0 Å². The molecule has 0 saturated carbocycles. The number of aryl methyl sites for hydroxylation is 1. The summed E-state index contributed by atoms with van der Waals surface area (Å²) in [5, 5.41) is 0. The van der Waals surface area contributed by atoms with Crippen molar-refractivity contribution in [3.05, 3.63) is 29.8 Å². The maximum Gasteiger partial charge on any atom is 0.414 e. The molecule has 2 aliphatic heterocycles. The molecule has 1 fully saturated rings. The normalized spacial score (nSPS) is 16.4. The predicted octanol–water partition coefficient (Wildman–Crippen LogP) is 2.29. The number of ether oxygens (including phenoxy) is 3. The number of hydrogen-bond donors (Lipinski definition) is 0. The SMILES string of the molecule is COC(=O)N1CCCc2ccccc21.COC(=O)N1CCOCC1. The molecule has 3 rings (SSSR count). The van der Waals surface area contributed by atoms with Crippen molar-refractivity contribution < 1.29 is 23.8 Å². The fraction of sp³-hybridized carbons (Fsp3) is 0.529. The molecule has 0 radical (unpaired) electrons. The van der Waals surface area contributed by atoms with Crippen LogP contribution in [0.4, 0.5) is 15.3 Å². The first-order valence-electron chi connectivity index (χ1n) is 8.01. The third-order valence-corrected chi connectivity index (χ3v) is 3.95. The standard InChI is InChI=1S/C11H13NO2.C6H11NO3/c1-14-11(13)12-8-4-6-9-5-2-3-7-10(9)12;1-9-6(8)7-2-4-10-5-3-7/h2-3,5,7H,4,6,8H2,1H3;2-5H2,1H3. The molecule has 7 heteroatoms. The van der Waals surface area contributed by atoms with Gasteiger partial charge in [-0.15, -0.1) is 0 Å². The molecule has 2 amide bonds. The van der Waals surface area contributed by atoms with Crippen molar-refractivity contribution in [2.75, 3.05) is 52.0 Å². The Kier molecular flexibility index (Phi) is 6.87. The number of rotatable bonds is 0. The first-order chi connectivity index (χ1) is 11.7. The van der Waals surface area contributed by atoms with Gasteiger partial charge in [-0.05, 0) is 24.5 Å². The van der Waals surface area contributed by atoms with Crippen LogP contribution >= 0.6 is 0 Å². The summed E-state index contributed by atoms with van der Waals surface area (Å²) >= 11 is 0. The zero-order chi connectivity index (χ0) is 17.4. The van der Waals surface area contributed by atoms with Crippen LogP contribution in [-0.4, -0.2) is 64.2 Å². The molecular formula is C17H24N2O5. The molecule has 0 atom stereocenters. The van der Waals surface area contributed by atoms with Gasteiger partial charge in [0.2, 0.25) is 0 Å². The van der Waals surface area contributed by atoms with Crippen LogP contribution in [-0.2, 0) is 20.6 Å². The van der Waals surface area contributed by atoms with E-state index in [1.807, 2.05) is 18.2 Å². The Bertz CT molecular complexity index is 558. The number of amides is 2. The highest BCUT2D eigenvalue weighted by Gasteiger charge is 2.22. The molecule has 1 aromatic rings. The van der Waals surface area contributed by atoms with Crippen LogP contribution < -0.4 is 4.90 Å². The lowest BCUT2D eigenvalue weighted by molar-refractivity contribution is 0.0334. The van der Waals surface area contributed by atoms with Crippen LogP contribution in [0.3, 0.4) is 0 Å². The Hall–Kier alpha value is -2.28. The highest BCUT2D eigenvalue weighted by atomic mass is 16.5. The molecule has 132 valence electrons. The van der Waals surface area contributed by atoms with Crippen LogP contribution in [0.2, 0.25) is 0 Å². The molecule has 1 saturated heterocycles. The van der Waals surface area contributed by atoms with E-state index in [0.29, 0.717) is 26.3 Å². The Morgan fingerprint density at radius 2 is 1.67 bits per heavy atom. The molecule has 24 heavy (non-hydrogen) atoms. The van der Waals surface area contributed by atoms with Gasteiger partial charge in [0.1, 0.15) is 0 Å². The number of fused-ring (bicyclic) bond motifs is 1. The van der Waals surface area contributed by atoms with Crippen LogP contribution in [0, 0.1) is 0 Å². The Labute approximate surface area is 142 Å². The van der Waals surface area contributed by atoms with Gasteiger partial charge in [0, 0.05) is 19.6 Å². The monoisotopic (exact) mass is 336 g/mol. The summed E-state index contributed by atoms with van der Waals surface area (Å²) in [6.07, 6.45) is 1.52. The van der Waals surface area contributed by atoms with E-state index in [4.69, 9.17) is 9.47 Å². The Balaban J connectivity index is 0.000000185. The largest absolute Gasteiger partial charge is 0.453 e. The van der Waals surface area contributed by atoms with Crippen molar-refractivity contribution in [2.24, 2.45) is 0 Å². The first-order valence-corrected chi connectivity index (χ1v) is 8.01. The summed E-state index contributed by atoms with van der Waals surface area (Å²) in [5.74, 6) is 0. The van der Waals surface area contributed by atoms with E-state index in [-0.39, 0.29) is 12.2 Å². The zero-order valence-corrected chi connectivity index (χ0v) is 14.2. The van der Waals surface area contributed by atoms with Crippen molar-refractivity contribution in [1.82, 2.24) is 4.90 Å². The lowest BCUT2D eigenvalue weighted by Gasteiger charge is -2.27. The van der Waals surface area contributed by atoms with E-state index in [9.17, 15) is 9.59 Å². The summed E-state index contributed by atoms with van der Waals surface area (Å²) in [4.78, 5) is 25.6. The average molecular weight is 336 g/mol. The van der Waals surface area contributed by atoms with E-state index in [0.717, 1.165) is 25.1 Å². The average Bonchev–Trinajstić information content (AvgIpc) is 2.67. The second-order valence-electron chi connectivity index (χ2n) is 5.42. The molecule has 2 heterocycles. The van der Waals surface area contributed by atoms with Gasteiger partial charge in [-0.2, -0.15) is 0 Å². The molecule has 2 aliphatic rings. The first kappa shape index (κ1) is 18.1. The van der Waals surface area contributed by atoms with E-state index in [1.54, 1.807) is 9.80 Å². The summed E-state index contributed by atoms with van der Waals surface area (Å²) in [6.45, 7) is 3.28. The fourth-order valence-corrected chi connectivity index (χ4v) is 2.71. The lowest BCUT2D eigenvalue weighted by Crippen LogP contribution is -2.40. The maximum atomic E-state index is 11.4. The third-order valence-electron chi connectivity index (χ3n) is 3.95. The number of carbonyl (C=O) groups excluding carboxylic acids is 2. The minimum atomic E-state index is -0.267. The quantitative estimate of drug-likeness (QED) is 0.727. The number of methoxy groups -OCH3 is 2. The smallest absolute Gasteiger partial charge is 0.414 e. The number of hydrogen-bond acceptors (Lipinski definition) is 5. The van der Waals surface area contributed by atoms with Gasteiger partial charge in [0.15, 0.2) is 0 Å². The Morgan fingerprint density at radius 3 is 2.33 bits per heavy atom. The van der Waals surface area contributed by atoms with Gasteiger partial charge in [-0.25, -0.2) is 9.59 Å². The summed E-state index contributed by atoms with van der Waals surface area (Å²) in [5.41, 5.74) is 2.22. The van der Waals surface area contributed by atoms with Crippen LogP contribution in [0.1, 0.15) is 12.0 Å². The Morgan fingerprint density at radius 1 is 1.00 bits per heavy atom. The fourth-order valence-electron chi connectivity index (χ4n) is 2.71. The molecule has 7 nitrogen and oxygen atoms in total. The number of nitrogens with zero attached hydrogens (tertiary/aromatic N) is 2. The molecule has 1 aromatic carbocycles. The number of para-hydroxylation sites is 1. The van der Waals surface area contributed by atoms with Crippen molar-refractivity contribution >= 4 is 17.9 Å². The second-order valence-corrected chi connectivity index (χ2v) is 5.42. The van der Waals surface area contributed by atoms with Crippen LogP contribution in [0.5, 0.6) is 0 Å². The van der Waals surface area contributed by atoms with Crippen molar-refractivity contribution in [3.8, 4) is 0 Å². The highest BCUT2D eigenvalue weighted by molar-refractivity contribution is 5.89. The van der Waals surface area contributed by atoms with E-state index >= 15 is 0 Å². The number of morpholine rings is 1. The van der Waals surface area contributed by atoms with Gasteiger partial charge >= 0.3 is 12.2 Å². The zero-order valence-electron chi connectivity index (χ0n) is 14.2. The predicted molar refractivity (Wildman–Crippen MR) is 89.3 cm³/mol. The van der Waals surface area contributed by atoms with Crippen molar-refractivity contribution in [2.45, 2.75) is 12.8 Å². The molecule has 0 bridgehead atoms. The molecule has 0 N–H and O–H groups in total. The summed E-state index contributed by atoms with van der Waals surface area (Å²) < 4.78 is 14.3. The van der Waals surface area contributed by atoms with Crippen LogP contribution in [0.25, 0.3) is 0 Å². The van der Waals surface area contributed by atoms with Crippen LogP contribution in [0.15, 0.2) is 24.3 Å². The minimum Gasteiger partial charge on any atom is -0.453 e. The van der Waals surface area contributed by atoms with Gasteiger partial charge in [-0.3, -0.25) is 4.90 Å². The molecule has 0 unspecified atom stereocenters. The molecular weight excluding hydrogens is 312 g/mol. The van der Waals surface area contributed by atoms with Gasteiger partial charge < -0.3 is 19.1 Å². The van der Waals surface area contributed by atoms with Crippen molar-refractivity contribution in [3.63, 3.8) is 0 Å². The highest BCUT2D eigenvalue weighted by Crippen LogP contribution is 2.26.